The van der Waals surface area contributed by atoms with E-state index >= 15 is 0 Å². The highest BCUT2D eigenvalue weighted by molar-refractivity contribution is 5.37. The smallest absolute Gasteiger partial charge is 0.160 e. The minimum atomic E-state index is 0.181. The second kappa shape index (κ2) is 5.12. The van der Waals surface area contributed by atoms with E-state index in [1.165, 1.54) is 7.11 Å². The molecule has 1 aromatic rings. The number of hydrogen-bond acceptors (Lipinski definition) is 3. The molecule has 0 aliphatic heterocycles. The minimum Gasteiger partial charge on any atom is -0.504 e. The third-order valence-corrected chi connectivity index (χ3v) is 1.09. The first-order valence-corrected chi connectivity index (χ1v) is 2.92. The Hall–Kier alpha value is -1.69. The maximum absolute atomic E-state index is 8.99. The van der Waals surface area contributed by atoms with Crippen molar-refractivity contribution in [3.05, 3.63) is 24.3 Å². The van der Waals surface area contributed by atoms with Gasteiger partial charge in [-0.1, -0.05) is 12.1 Å². The number of aromatic hydroxyl groups is 1. The molecule has 0 fully saturated rings. The minimum absolute atomic E-state index is 0.181. The van der Waals surface area contributed by atoms with Gasteiger partial charge in [0.2, 0.25) is 0 Å². The number of ether oxygens (including phenoxy) is 1. The number of nitrogens with zero attached hydrogens (tertiary/aromatic N) is 1. The van der Waals surface area contributed by atoms with Crippen molar-refractivity contribution in [2.75, 3.05) is 7.11 Å². The first kappa shape index (κ1) is 9.31. The van der Waals surface area contributed by atoms with Gasteiger partial charge in [-0.05, 0) is 12.1 Å². The van der Waals surface area contributed by atoms with Crippen LogP contribution in [0, 0.1) is 11.8 Å². The van der Waals surface area contributed by atoms with Crippen LogP contribution in [0.1, 0.15) is 0 Å². The van der Waals surface area contributed by atoms with E-state index in [0.717, 1.165) is 0 Å². The van der Waals surface area contributed by atoms with Crippen LogP contribution in [0.15, 0.2) is 24.3 Å². The van der Waals surface area contributed by atoms with Crippen LogP contribution in [0.3, 0.4) is 0 Å². The molecule has 0 saturated carbocycles. The number of phenols is 1. The van der Waals surface area contributed by atoms with Crippen LogP contribution < -0.4 is 4.74 Å². The molecule has 0 atom stereocenters. The van der Waals surface area contributed by atoms with Crippen molar-refractivity contribution >= 4 is 0 Å². The maximum Gasteiger partial charge on any atom is 0.160 e. The Morgan fingerprint density at radius 2 is 1.91 bits per heavy atom. The summed E-state index contributed by atoms with van der Waals surface area (Å²) in [5, 5.41) is 15.5. The average Bonchev–Trinajstić information content (AvgIpc) is 2.09. The third kappa shape index (κ3) is 2.59. The van der Waals surface area contributed by atoms with Crippen LogP contribution >= 0.6 is 0 Å². The zero-order chi connectivity index (χ0) is 8.69. The Morgan fingerprint density at radius 1 is 1.36 bits per heavy atom. The van der Waals surface area contributed by atoms with Gasteiger partial charge in [0, 0.05) is 6.57 Å². The van der Waals surface area contributed by atoms with Crippen molar-refractivity contribution in [2.45, 2.75) is 0 Å². The summed E-state index contributed by atoms with van der Waals surface area (Å²) in [4.78, 5) is 0. The molecule has 0 amide bonds. The topological polar surface area (TPSA) is 53.2 Å². The molecule has 0 aliphatic rings. The lowest BCUT2D eigenvalue weighted by atomic mass is 10.3. The average molecular weight is 151 g/mol. The van der Waals surface area contributed by atoms with Gasteiger partial charge in [0.05, 0.1) is 7.11 Å². The number of methoxy groups -OCH3 is 1. The molecule has 0 aliphatic carbocycles. The van der Waals surface area contributed by atoms with Crippen LogP contribution in [-0.4, -0.2) is 12.2 Å². The Labute approximate surface area is 65.5 Å². The Morgan fingerprint density at radius 3 is 2.27 bits per heavy atom. The second-order valence-electron chi connectivity index (χ2n) is 1.67. The number of para-hydroxylation sites is 2. The van der Waals surface area contributed by atoms with Crippen molar-refractivity contribution < 1.29 is 9.84 Å². The summed E-state index contributed by atoms with van der Waals surface area (Å²) in [5.41, 5.74) is 0. The fraction of sp³-hybridized carbons (Fsp3) is 0.125. The van der Waals surface area contributed by atoms with Gasteiger partial charge in [0.15, 0.2) is 11.5 Å². The number of hydrogen-bond donors (Lipinski definition) is 1. The Kier molecular flexibility index (Phi) is 4.34. The van der Waals surface area contributed by atoms with Crippen molar-refractivity contribution in [1.29, 1.82) is 5.26 Å². The first-order valence-electron chi connectivity index (χ1n) is 2.92. The summed E-state index contributed by atoms with van der Waals surface area (Å²) < 4.78 is 4.79. The van der Waals surface area contributed by atoms with E-state index in [2.05, 4.69) is 6.57 Å². The van der Waals surface area contributed by atoms with Gasteiger partial charge in [0.1, 0.15) is 0 Å². The Bertz CT molecular complexity index is 233. The SMILES string of the molecule is C#N.COc1ccccc1O. The fourth-order valence-electron chi connectivity index (χ4n) is 0.630. The summed E-state index contributed by atoms with van der Waals surface area (Å²) in [5.74, 6) is 0.692. The summed E-state index contributed by atoms with van der Waals surface area (Å²) in [6.45, 7) is 3.50. The monoisotopic (exact) mass is 151 g/mol. The predicted octanol–water partition coefficient (Wildman–Crippen LogP) is 1.54. The van der Waals surface area contributed by atoms with Gasteiger partial charge in [-0.2, -0.15) is 0 Å². The zero-order valence-corrected chi connectivity index (χ0v) is 6.19. The van der Waals surface area contributed by atoms with Gasteiger partial charge >= 0.3 is 0 Å². The summed E-state index contributed by atoms with van der Waals surface area (Å²) >= 11 is 0. The van der Waals surface area contributed by atoms with E-state index in [0.29, 0.717) is 5.75 Å². The highest BCUT2D eigenvalue weighted by atomic mass is 16.5. The van der Waals surface area contributed by atoms with Crippen molar-refractivity contribution in [2.24, 2.45) is 0 Å². The molecule has 0 saturated heterocycles. The van der Waals surface area contributed by atoms with Crippen LogP contribution in [-0.2, 0) is 0 Å². The van der Waals surface area contributed by atoms with Gasteiger partial charge in [-0.25, -0.2) is 5.26 Å². The standard InChI is InChI=1S/C7H8O2.CHN/c1-9-7-5-3-2-4-6(7)8;1-2/h2-5,8H,1H3;1H. The van der Waals surface area contributed by atoms with E-state index < -0.39 is 0 Å². The molecule has 1 aromatic carbocycles. The maximum atomic E-state index is 8.99. The molecule has 3 nitrogen and oxygen atoms in total. The quantitative estimate of drug-likeness (QED) is 0.662. The highest BCUT2D eigenvalue weighted by Gasteiger charge is 1.94. The number of phenolic OH excluding ortho intramolecular Hbond substituents is 1. The van der Waals surface area contributed by atoms with E-state index in [1.54, 1.807) is 24.3 Å². The normalized spacial score (nSPS) is 7.55. The van der Waals surface area contributed by atoms with Gasteiger partial charge < -0.3 is 9.84 Å². The lowest BCUT2D eigenvalue weighted by Crippen LogP contribution is -1.80. The summed E-state index contributed by atoms with van der Waals surface area (Å²) in [6.07, 6.45) is 0. The largest absolute Gasteiger partial charge is 0.504 e. The van der Waals surface area contributed by atoms with Crippen molar-refractivity contribution in [1.82, 2.24) is 0 Å². The number of rotatable bonds is 1. The second-order valence-corrected chi connectivity index (χ2v) is 1.67. The van der Waals surface area contributed by atoms with Gasteiger partial charge in [-0.3, -0.25) is 0 Å². The summed E-state index contributed by atoms with van der Waals surface area (Å²) in [6, 6.07) is 6.84. The molecule has 0 unspecified atom stereocenters. The van der Waals surface area contributed by atoms with E-state index in [-0.39, 0.29) is 5.75 Å². The van der Waals surface area contributed by atoms with Gasteiger partial charge in [0.25, 0.3) is 0 Å². The number of nitriles is 1. The van der Waals surface area contributed by atoms with Crippen LogP contribution in [0.2, 0.25) is 0 Å². The van der Waals surface area contributed by atoms with Crippen LogP contribution in [0.5, 0.6) is 11.5 Å². The molecule has 0 bridgehead atoms. The van der Waals surface area contributed by atoms with Crippen molar-refractivity contribution in [3.8, 4) is 18.1 Å². The number of benzene rings is 1. The Balaban J connectivity index is 0.000000461. The molecule has 0 radical (unpaired) electrons. The molecule has 58 valence electrons. The highest BCUT2D eigenvalue weighted by Crippen LogP contribution is 2.22. The van der Waals surface area contributed by atoms with Crippen LogP contribution in [0.4, 0.5) is 0 Å². The van der Waals surface area contributed by atoms with E-state index in [1.807, 2.05) is 0 Å². The molecule has 11 heavy (non-hydrogen) atoms. The molecule has 0 aromatic heterocycles. The molecule has 0 spiro atoms. The van der Waals surface area contributed by atoms with Crippen LogP contribution in [0.25, 0.3) is 0 Å². The predicted molar refractivity (Wildman–Crippen MR) is 41.3 cm³/mol. The molecule has 1 rings (SSSR count). The molecular weight excluding hydrogens is 142 g/mol. The van der Waals surface area contributed by atoms with E-state index in [9.17, 15) is 0 Å². The van der Waals surface area contributed by atoms with E-state index in [4.69, 9.17) is 15.1 Å². The molecule has 3 heteroatoms. The third-order valence-electron chi connectivity index (χ3n) is 1.09. The van der Waals surface area contributed by atoms with Crippen molar-refractivity contribution in [3.63, 3.8) is 0 Å². The molecule has 0 heterocycles. The lowest BCUT2D eigenvalue weighted by Gasteiger charge is -1.99. The molecular formula is C8H9NO2. The lowest BCUT2D eigenvalue weighted by molar-refractivity contribution is 0.373. The fourth-order valence-corrected chi connectivity index (χ4v) is 0.630. The molecule has 1 N–H and O–H groups in total. The van der Waals surface area contributed by atoms with Gasteiger partial charge in [-0.15, -0.1) is 0 Å². The first-order chi connectivity index (χ1) is 5.34. The zero-order valence-electron chi connectivity index (χ0n) is 6.19. The summed E-state index contributed by atoms with van der Waals surface area (Å²) in [7, 11) is 1.52.